The molecule has 0 aromatic rings. The van der Waals surface area contributed by atoms with Crippen molar-refractivity contribution in [3.63, 3.8) is 0 Å². The Labute approximate surface area is 98.8 Å². The number of aliphatic hydroxyl groups is 1. The smallest absolute Gasteiger partial charge is 0.0967 e. The maximum absolute atomic E-state index is 7.32. The maximum atomic E-state index is 7.32. The minimum Gasteiger partial charge on any atom is -0.400 e. The van der Waals surface area contributed by atoms with Crippen LogP contribution in [0, 0.1) is 11.3 Å². The van der Waals surface area contributed by atoms with Crippen molar-refractivity contribution >= 4 is 23.2 Å². The highest BCUT2D eigenvalue weighted by molar-refractivity contribution is 6.40. The van der Waals surface area contributed by atoms with Crippen LogP contribution in [0.15, 0.2) is 0 Å². The van der Waals surface area contributed by atoms with E-state index in [0.717, 1.165) is 7.11 Å². The lowest BCUT2D eigenvalue weighted by Gasteiger charge is -1.86. The van der Waals surface area contributed by atoms with E-state index in [9.17, 15) is 0 Å². The molecule has 14 heavy (non-hydrogen) atoms. The fourth-order valence-electron chi connectivity index (χ4n) is 0.500. The van der Waals surface area contributed by atoms with E-state index in [2.05, 4.69) is 13.8 Å². The summed E-state index contributed by atoms with van der Waals surface area (Å²) in [6, 6.07) is 1.75. The van der Waals surface area contributed by atoms with Crippen LogP contribution >= 0.6 is 23.2 Å². The Morgan fingerprint density at radius 1 is 1.07 bits per heavy atom. The Kier molecular flexibility index (Phi) is 87.7. The lowest BCUT2D eigenvalue weighted by molar-refractivity contribution is 0.399. The van der Waals surface area contributed by atoms with E-state index in [-0.39, 0.29) is 5.34 Å². The first kappa shape index (κ1) is 23.7. The van der Waals surface area contributed by atoms with Crippen LogP contribution in [-0.2, 0) is 0 Å². The minimum atomic E-state index is 0.194. The first-order valence-corrected chi connectivity index (χ1v) is 5.69. The molecular weight excluding hydrogens is 221 g/mol. The molecule has 0 aromatic heterocycles. The molecule has 0 bridgehead atoms. The molecular formula is C10H23Cl2NO. The van der Waals surface area contributed by atoms with E-state index in [1.807, 2.05) is 0 Å². The number of aliphatic hydroxyl groups excluding tert-OH is 1. The van der Waals surface area contributed by atoms with Crippen LogP contribution < -0.4 is 0 Å². The zero-order valence-electron chi connectivity index (χ0n) is 9.69. The SMILES string of the molecule is CC#N.CCCCCC.CO.ClCCl. The molecule has 0 radical (unpaired) electrons. The summed E-state index contributed by atoms with van der Waals surface area (Å²) in [4.78, 5) is 0. The van der Waals surface area contributed by atoms with Crippen LogP contribution in [0.1, 0.15) is 46.5 Å². The monoisotopic (exact) mass is 243 g/mol. The van der Waals surface area contributed by atoms with Crippen molar-refractivity contribution < 1.29 is 5.11 Å². The van der Waals surface area contributed by atoms with Crippen LogP contribution in [-0.4, -0.2) is 17.6 Å². The number of unbranched alkanes of at least 4 members (excludes halogenated alkanes) is 3. The van der Waals surface area contributed by atoms with Gasteiger partial charge >= 0.3 is 0 Å². The van der Waals surface area contributed by atoms with Crippen LogP contribution in [0.5, 0.6) is 0 Å². The summed E-state index contributed by atoms with van der Waals surface area (Å²) in [5.74, 6) is 0. The molecule has 0 aliphatic heterocycles. The molecule has 0 aromatic carbocycles. The van der Waals surface area contributed by atoms with E-state index >= 15 is 0 Å². The highest BCUT2D eigenvalue weighted by Crippen LogP contribution is 1.95. The standard InChI is InChI=1S/C6H14.C2H3N.CH2Cl2.CH4O/c1-3-5-6-4-2;1-2-3;2-1-3;1-2/h3-6H2,1-2H3;1H3;1H2;2H,1H3. The average Bonchev–Trinajstić information content (AvgIpc) is 2.20. The molecule has 0 spiro atoms. The van der Waals surface area contributed by atoms with E-state index < -0.39 is 0 Å². The molecule has 0 unspecified atom stereocenters. The fourth-order valence-corrected chi connectivity index (χ4v) is 0.500. The second-order valence-corrected chi connectivity index (χ2v) is 2.84. The summed E-state index contributed by atoms with van der Waals surface area (Å²) < 4.78 is 0. The van der Waals surface area contributed by atoms with Gasteiger partial charge in [0.15, 0.2) is 0 Å². The average molecular weight is 244 g/mol. The molecule has 0 heterocycles. The van der Waals surface area contributed by atoms with Crippen LogP contribution in [0.3, 0.4) is 0 Å². The summed E-state index contributed by atoms with van der Waals surface area (Å²) in [7, 11) is 1.00. The van der Waals surface area contributed by atoms with Crippen LogP contribution in [0.4, 0.5) is 0 Å². The maximum Gasteiger partial charge on any atom is 0.0967 e. The van der Waals surface area contributed by atoms with Gasteiger partial charge in [0.2, 0.25) is 0 Å². The third-order valence-electron chi connectivity index (χ3n) is 0.957. The fraction of sp³-hybridized carbons (Fsp3) is 0.900. The summed E-state index contributed by atoms with van der Waals surface area (Å²) in [5, 5.41) is 14.5. The van der Waals surface area contributed by atoms with Crippen molar-refractivity contribution in [2.24, 2.45) is 0 Å². The molecule has 0 amide bonds. The second-order valence-electron chi connectivity index (χ2n) is 2.03. The Hall–Kier alpha value is 0.0300. The predicted octanol–water partition coefficient (Wildman–Crippen LogP) is 4.15. The van der Waals surface area contributed by atoms with Gasteiger partial charge in [0.25, 0.3) is 0 Å². The third kappa shape index (κ3) is 159. The Bertz CT molecular complexity index is 80.7. The van der Waals surface area contributed by atoms with Crippen LogP contribution in [0.25, 0.3) is 0 Å². The molecule has 0 atom stereocenters. The number of nitriles is 1. The summed E-state index contributed by atoms with van der Waals surface area (Å²) in [6.45, 7) is 5.89. The second kappa shape index (κ2) is 51.9. The molecule has 0 aliphatic carbocycles. The van der Waals surface area contributed by atoms with Gasteiger partial charge in [-0.1, -0.05) is 39.5 Å². The number of nitrogens with zero attached hydrogens (tertiary/aromatic N) is 1. The largest absolute Gasteiger partial charge is 0.400 e. The van der Waals surface area contributed by atoms with Gasteiger partial charge in [0.1, 0.15) is 0 Å². The number of rotatable bonds is 3. The van der Waals surface area contributed by atoms with Crippen molar-refractivity contribution in [3.8, 4) is 6.07 Å². The molecule has 1 N–H and O–H groups in total. The van der Waals surface area contributed by atoms with Gasteiger partial charge in [-0.15, -0.1) is 23.2 Å². The van der Waals surface area contributed by atoms with E-state index in [0.29, 0.717) is 0 Å². The van der Waals surface area contributed by atoms with Gasteiger partial charge in [-0.2, -0.15) is 5.26 Å². The Morgan fingerprint density at radius 2 is 1.21 bits per heavy atom. The number of hydrogen-bond donors (Lipinski definition) is 1. The topological polar surface area (TPSA) is 44.0 Å². The zero-order valence-corrected chi connectivity index (χ0v) is 11.2. The highest BCUT2D eigenvalue weighted by atomic mass is 35.5. The Morgan fingerprint density at radius 3 is 1.29 bits per heavy atom. The van der Waals surface area contributed by atoms with Crippen molar-refractivity contribution in [1.29, 1.82) is 5.26 Å². The lowest BCUT2D eigenvalue weighted by atomic mass is 10.2. The van der Waals surface area contributed by atoms with Gasteiger partial charge in [0.05, 0.1) is 11.4 Å². The van der Waals surface area contributed by atoms with Gasteiger partial charge in [0, 0.05) is 14.0 Å². The lowest BCUT2D eigenvalue weighted by Crippen LogP contribution is -1.66. The summed E-state index contributed by atoms with van der Waals surface area (Å²) >= 11 is 9.53. The summed E-state index contributed by atoms with van der Waals surface area (Å²) in [5.41, 5.74) is 0. The molecule has 4 heteroatoms. The minimum absolute atomic E-state index is 0.194. The van der Waals surface area contributed by atoms with Crippen molar-refractivity contribution in [3.05, 3.63) is 0 Å². The zero-order chi connectivity index (χ0) is 12.2. The molecule has 0 rings (SSSR count). The number of alkyl halides is 2. The number of halogens is 2. The van der Waals surface area contributed by atoms with Crippen molar-refractivity contribution in [2.75, 3.05) is 12.4 Å². The predicted molar refractivity (Wildman–Crippen MR) is 65.8 cm³/mol. The molecule has 0 aliphatic rings. The van der Waals surface area contributed by atoms with Gasteiger partial charge in [-0.05, 0) is 0 Å². The molecule has 2 nitrogen and oxygen atoms in total. The third-order valence-corrected chi connectivity index (χ3v) is 0.957. The molecule has 0 fully saturated rings. The summed E-state index contributed by atoms with van der Waals surface area (Å²) in [6.07, 6.45) is 5.54. The van der Waals surface area contributed by atoms with E-state index in [4.69, 9.17) is 33.6 Å². The molecule has 88 valence electrons. The number of hydrogen-bond acceptors (Lipinski definition) is 2. The van der Waals surface area contributed by atoms with Gasteiger partial charge in [-0.25, -0.2) is 0 Å². The van der Waals surface area contributed by atoms with Gasteiger partial charge < -0.3 is 5.11 Å². The molecule has 0 saturated heterocycles. The first-order valence-electron chi connectivity index (χ1n) is 4.62. The first-order chi connectivity index (χ1) is 6.74. The molecule has 0 saturated carbocycles. The van der Waals surface area contributed by atoms with Gasteiger partial charge in [-0.3, -0.25) is 0 Å². The van der Waals surface area contributed by atoms with Crippen LogP contribution in [0.2, 0.25) is 0 Å². The normalized spacial score (nSPS) is 6.14. The van der Waals surface area contributed by atoms with E-state index in [1.165, 1.54) is 32.6 Å². The van der Waals surface area contributed by atoms with Crippen molar-refractivity contribution in [1.82, 2.24) is 0 Å². The Balaban J connectivity index is -0.0000000536. The van der Waals surface area contributed by atoms with Crippen molar-refractivity contribution in [2.45, 2.75) is 46.5 Å². The van der Waals surface area contributed by atoms with E-state index in [1.54, 1.807) is 6.07 Å². The quantitative estimate of drug-likeness (QED) is 0.598. The highest BCUT2D eigenvalue weighted by Gasteiger charge is 1.75.